The van der Waals surface area contributed by atoms with Crippen LogP contribution in [0.4, 0.5) is 0 Å². The summed E-state index contributed by atoms with van der Waals surface area (Å²) in [4.78, 5) is 24.4. The molecule has 2 aromatic carbocycles. The normalized spacial score (nSPS) is 10.7. The zero-order valence-electron chi connectivity index (χ0n) is 16.1. The summed E-state index contributed by atoms with van der Waals surface area (Å²) in [6.45, 7) is 3.01. The SMILES string of the molecule is CSc1ccc2cc(C(C)=O)oc2c1.CSc1ccc2cc(C(C)=O)oc2c1. The molecule has 0 radical (unpaired) electrons. The van der Waals surface area contributed by atoms with E-state index in [9.17, 15) is 9.59 Å². The highest BCUT2D eigenvalue weighted by atomic mass is 32.2. The molecule has 0 N–H and O–H groups in total. The topological polar surface area (TPSA) is 60.4 Å². The van der Waals surface area contributed by atoms with E-state index in [1.807, 2.05) is 48.9 Å². The minimum atomic E-state index is -0.0353. The fourth-order valence-electron chi connectivity index (χ4n) is 2.62. The van der Waals surface area contributed by atoms with Crippen LogP contribution >= 0.6 is 23.5 Å². The van der Waals surface area contributed by atoms with Gasteiger partial charge in [0, 0.05) is 34.4 Å². The molecule has 0 saturated heterocycles. The van der Waals surface area contributed by atoms with Crippen molar-refractivity contribution >= 4 is 57.0 Å². The van der Waals surface area contributed by atoms with Gasteiger partial charge in [-0.3, -0.25) is 9.59 Å². The van der Waals surface area contributed by atoms with E-state index < -0.39 is 0 Å². The van der Waals surface area contributed by atoms with Crippen LogP contribution in [0.1, 0.15) is 35.0 Å². The highest BCUT2D eigenvalue weighted by Gasteiger charge is 2.08. The van der Waals surface area contributed by atoms with Gasteiger partial charge >= 0.3 is 0 Å². The van der Waals surface area contributed by atoms with Gasteiger partial charge in [0.25, 0.3) is 0 Å². The first-order valence-corrected chi connectivity index (χ1v) is 11.0. The summed E-state index contributed by atoms with van der Waals surface area (Å²) >= 11 is 3.31. The van der Waals surface area contributed by atoms with Gasteiger partial charge in [0.15, 0.2) is 23.1 Å². The van der Waals surface area contributed by atoms with Crippen LogP contribution in [0.2, 0.25) is 0 Å². The second-order valence-electron chi connectivity index (χ2n) is 6.14. The molecule has 0 aliphatic rings. The van der Waals surface area contributed by atoms with Crippen molar-refractivity contribution < 1.29 is 18.4 Å². The van der Waals surface area contributed by atoms with Crippen LogP contribution in [0, 0.1) is 0 Å². The Hall–Kier alpha value is -2.44. The number of rotatable bonds is 4. The van der Waals surface area contributed by atoms with Crippen LogP contribution in [-0.2, 0) is 0 Å². The molecule has 0 aliphatic heterocycles. The van der Waals surface area contributed by atoms with Crippen molar-refractivity contribution in [1.82, 2.24) is 0 Å². The number of hydrogen-bond acceptors (Lipinski definition) is 6. The number of carbonyl (C=O) groups is 2. The zero-order valence-corrected chi connectivity index (χ0v) is 17.7. The van der Waals surface area contributed by atoms with Gasteiger partial charge < -0.3 is 8.83 Å². The fraction of sp³-hybridized carbons (Fsp3) is 0.182. The van der Waals surface area contributed by atoms with E-state index in [-0.39, 0.29) is 11.6 Å². The lowest BCUT2D eigenvalue weighted by Gasteiger charge is -1.93. The Kier molecular flexibility index (Phi) is 6.31. The van der Waals surface area contributed by atoms with Gasteiger partial charge in [-0.05, 0) is 61.0 Å². The molecule has 0 bridgehead atoms. The van der Waals surface area contributed by atoms with Crippen LogP contribution < -0.4 is 0 Å². The molecule has 0 saturated carbocycles. The number of ketones is 2. The number of hydrogen-bond donors (Lipinski definition) is 0. The Morgan fingerprint density at radius 3 is 1.39 bits per heavy atom. The average Bonchev–Trinajstić information content (AvgIpc) is 3.31. The van der Waals surface area contributed by atoms with Gasteiger partial charge in [0.05, 0.1) is 0 Å². The van der Waals surface area contributed by atoms with E-state index in [2.05, 4.69) is 0 Å². The predicted molar refractivity (Wildman–Crippen MR) is 116 cm³/mol. The smallest absolute Gasteiger partial charge is 0.194 e. The lowest BCUT2D eigenvalue weighted by atomic mass is 10.2. The summed E-state index contributed by atoms with van der Waals surface area (Å²) in [6, 6.07) is 15.4. The standard InChI is InChI=1S/2C11H10O2S/c2*1-7(12)10-5-8-3-4-9(14-2)6-11(8)13-10/h2*3-6H,1-2H3. The number of Topliss-reactive ketones (excluding diaryl/α,β-unsaturated/α-hetero) is 2. The van der Waals surface area contributed by atoms with E-state index >= 15 is 0 Å². The molecule has 4 aromatic rings. The first-order chi connectivity index (χ1) is 13.4. The number of benzene rings is 2. The second-order valence-corrected chi connectivity index (χ2v) is 7.90. The summed E-state index contributed by atoms with van der Waals surface area (Å²) in [5, 5.41) is 1.96. The average molecular weight is 413 g/mol. The summed E-state index contributed by atoms with van der Waals surface area (Å²) in [5.74, 6) is 0.787. The molecule has 2 heterocycles. The summed E-state index contributed by atoms with van der Waals surface area (Å²) < 4.78 is 10.8. The van der Waals surface area contributed by atoms with E-state index in [1.54, 1.807) is 35.7 Å². The minimum absolute atomic E-state index is 0.0353. The van der Waals surface area contributed by atoms with Crippen LogP contribution in [-0.4, -0.2) is 24.1 Å². The summed E-state index contributed by atoms with van der Waals surface area (Å²) in [5.41, 5.74) is 1.56. The maximum atomic E-state index is 11.1. The molecular weight excluding hydrogens is 392 g/mol. The molecule has 0 aliphatic carbocycles. The Bertz CT molecular complexity index is 1060. The van der Waals surface area contributed by atoms with Gasteiger partial charge in [-0.1, -0.05) is 0 Å². The molecule has 0 amide bonds. The molecule has 0 spiro atoms. The van der Waals surface area contributed by atoms with E-state index in [1.165, 1.54) is 13.8 Å². The van der Waals surface area contributed by atoms with E-state index in [0.717, 1.165) is 31.7 Å². The number of fused-ring (bicyclic) bond motifs is 2. The van der Waals surface area contributed by atoms with Crippen molar-refractivity contribution in [3.63, 3.8) is 0 Å². The van der Waals surface area contributed by atoms with Crippen molar-refractivity contribution in [2.75, 3.05) is 12.5 Å². The molecule has 0 unspecified atom stereocenters. The summed E-state index contributed by atoms with van der Waals surface area (Å²) in [6.07, 6.45) is 4.02. The Labute approximate surface area is 171 Å². The highest BCUT2D eigenvalue weighted by Crippen LogP contribution is 2.26. The van der Waals surface area contributed by atoms with Crippen LogP contribution in [0.5, 0.6) is 0 Å². The first kappa shape index (κ1) is 20.3. The van der Waals surface area contributed by atoms with Crippen molar-refractivity contribution in [3.8, 4) is 0 Å². The molecule has 2 aromatic heterocycles. The minimum Gasteiger partial charge on any atom is -0.453 e. The second kappa shape index (κ2) is 8.71. The lowest BCUT2D eigenvalue weighted by Crippen LogP contribution is -1.85. The fourth-order valence-corrected chi connectivity index (χ4v) is 3.48. The third-order valence-electron chi connectivity index (χ3n) is 4.15. The molecule has 0 atom stereocenters. The number of carbonyl (C=O) groups excluding carboxylic acids is 2. The molecular formula is C22H20O4S2. The largest absolute Gasteiger partial charge is 0.453 e. The zero-order chi connectivity index (χ0) is 20.3. The first-order valence-electron chi connectivity index (χ1n) is 8.58. The van der Waals surface area contributed by atoms with Crippen LogP contribution in [0.15, 0.2) is 67.2 Å². The van der Waals surface area contributed by atoms with Crippen molar-refractivity contribution in [2.24, 2.45) is 0 Å². The van der Waals surface area contributed by atoms with Gasteiger partial charge in [0.1, 0.15) is 11.2 Å². The third kappa shape index (κ3) is 4.51. The monoisotopic (exact) mass is 412 g/mol. The van der Waals surface area contributed by atoms with Crippen molar-refractivity contribution in [1.29, 1.82) is 0 Å². The maximum Gasteiger partial charge on any atom is 0.194 e. The van der Waals surface area contributed by atoms with Crippen molar-refractivity contribution in [2.45, 2.75) is 23.6 Å². The van der Waals surface area contributed by atoms with Gasteiger partial charge in [-0.15, -0.1) is 23.5 Å². The Morgan fingerprint density at radius 1 is 0.679 bits per heavy atom. The van der Waals surface area contributed by atoms with Crippen LogP contribution in [0.25, 0.3) is 21.9 Å². The highest BCUT2D eigenvalue weighted by molar-refractivity contribution is 7.98. The molecule has 4 rings (SSSR count). The number of furan rings is 2. The van der Waals surface area contributed by atoms with Gasteiger partial charge in [0.2, 0.25) is 0 Å². The Balaban J connectivity index is 0.000000161. The molecule has 28 heavy (non-hydrogen) atoms. The van der Waals surface area contributed by atoms with Crippen LogP contribution in [0.3, 0.4) is 0 Å². The predicted octanol–water partition coefficient (Wildman–Crippen LogP) is 6.71. The quantitative estimate of drug-likeness (QED) is 0.274. The Morgan fingerprint density at radius 2 is 1.07 bits per heavy atom. The molecule has 4 nitrogen and oxygen atoms in total. The maximum absolute atomic E-state index is 11.1. The van der Waals surface area contributed by atoms with Crippen molar-refractivity contribution in [3.05, 3.63) is 60.1 Å². The molecule has 0 fully saturated rings. The lowest BCUT2D eigenvalue weighted by molar-refractivity contribution is 0.0981. The van der Waals surface area contributed by atoms with Gasteiger partial charge in [-0.25, -0.2) is 0 Å². The van der Waals surface area contributed by atoms with E-state index in [4.69, 9.17) is 8.83 Å². The third-order valence-corrected chi connectivity index (χ3v) is 5.60. The molecule has 6 heteroatoms. The number of thioether (sulfide) groups is 2. The summed E-state index contributed by atoms with van der Waals surface area (Å²) in [7, 11) is 0. The van der Waals surface area contributed by atoms with Gasteiger partial charge in [-0.2, -0.15) is 0 Å². The molecule has 144 valence electrons. The van der Waals surface area contributed by atoms with E-state index in [0.29, 0.717) is 11.5 Å².